The number of fused-ring (bicyclic) bond motifs is 1. The largest absolute Gasteiger partial charge is 0.462 e. The summed E-state index contributed by atoms with van der Waals surface area (Å²) in [4.78, 5) is 49.6. The fourth-order valence-corrected chi connectivity index (χ4v) is 6.16. The van der Waals surface area contributed by atoms with E-state index in [0.717, 1.165) is 15.1 Å². The van der Waals surface area contributed by atoms with Crippen LogP contribution in [-0.2, 0) is 4.74 Å². The maximum Gasteiger partial charge on any atom is 0.345 e. The molecule has 0 unspecified atom stereocenters. The summed E-state index contributed by atoms with van der Waals surface area (Å²) in [7, 11) is 0. The number of nitrogens with zero attached hydrogens (tertiary/aromatic N) is 4. The lowest BCUT2D eigenvalue weighted by Gasteiger charge is -2.36. The number of amides is 1. The number of piperazine rings is 1. The van der Waals surface area contributed by atoms with Gasteiger partial charge in [0.2, 0.25) is 0 Å². The van der Waals surface area contributed by atoms with Crippen molar-refractivity contribution in [2.24, 2.45) is 0 Å². The number of anilines is 1. The SMILES string of the molecule is CCOC(=O)c1c(N2CCN(C(=O)c3cccs3)CC2)c2sc(C)cc2n(-c2cccnc2)c1=O. The Morgan fingerprint density at radius 2 is 1.94 bits per heavy atom. The number of ether oxygens (including phenoxy) is 1. The first kappa shape index (κ1) is 23.3. The number of thiophene rings is 2. The molecule has 180 valence electrons. The summed E-state index contributed by atoms with van der Waals surface area (Å²) < 4.78 is 7.72. The molecule has 5 heterocycles. The van der Waals surface area contributed by atoms with Gasteiger partial charge in [-0.15, -0.1) is 22.7 Å². The molecular formula is C25H24N4O4S2. The number of carbonyl (C=O) groups is 2. The monoisotopic (exact) mass is 508 g/mol. The quantitative estimate of drug-likeness (QED) is 0.380. The molecule has 0 saturated carbocycles. The van der Waals surface area contributed by atoms with Crippen molar-refractivity contribution in [2.45, 2.75) is 13.8 Å². The molecule has 0 atom stereocenters. The molecule has 0 aromatic carbocycles. The van der Waals surface area contributed by atoms with Gasteiger partial charge in [0.15, 0.2) is 5.56 Å². The summed E-state index contributed by atoms with van der Waals surface area (Å²) in [5.74, 6) is -0.635. The van der Waals surface area contributed by atoms with Crippen LogP contribution in [0.4, 0.5) is 5.69 Å². The van der Waals surface area contributed by atoms with Crippen molar-refractivity contribution < 1.29 is 14.3 Å². The number of aryl methyl sites for hydroxylation is 1. The van der Waals surface area contributed by atoms with Crippen LogP contribution in [0.25, 0.3) is 15.9 Å². The normalized spacial score (nSPS) is 13.9. The Kier molecular flexibility index (Phi) is 6.40. The van der Waals surface area contributed by atoms with Crippen molar-refractivity contribution in [1.29, 1.82) is 0 Å². The molecule has 1 aliphatic heterocycles. The molecule has 1 fully saturated rings. The van der Waals surface area contributed by atoms with Gasteiger partial charge < -0.3 is 14.5 Å². The van der Waals surface area contributed by atoms with E-state index in [1.165, 1.54) is 27.2 Å². The molecule has 4 aromatic rings. The van der Waals surface area contributed by atoms with E-state index in [4.69, 9.17) is 4.74 Å². The highest BCUT2D eigenvalue weighted by Gasteiger charge is 2.31. The third kappa shape index (κ3) is 4.23. The van der Waals surface area contributed by atoms with Gasteiger partial charge >= 0.3 is 5.97 Å². The number of rotatable bonds is 5. The van der Waals surface area contributed by atoms with Crippen LogP contribution < -0.4 is 10.5 Å². The number of hydrogen-bond acceptors (Lipinski definition) is 8. The zero-order valence-electron chi connectivity index (χ0n) is 19.4. The second kappa shape index (κ2) is 9.63. The minimum atomic E-state index is -0.643. The van der Waals surface area contributed by atoms with E-state index >= 15 is 0 Å². The standard InChI is InChI=1S/C25H24N4O4S2/c1-3-33-25(32)20-21(27-9-11-28(12-10-27)23(30)19-7-5-13-34-19)22-18(14-16(2)35-22)29(24(20)31)17-6-4-8-26-15-17/h4-8,13-15H,3,9-12H2,1-2H3. The molecule has 8 nitrogen and oxygen atoms in total. The second-order valence-electron chi connectivity index (χ2n) is 8.12. The number of carbonyl (C=O) groups excluding carboxylic acids is 2. The van der Waals surface area contributed by atoms with Gasteiger partial charge in [0, 0.05) is 37.3 Å². The third-order valence-corrected chi connectivity index (χ3v) is 7.85. The molecule has 1 aliphatic rings. The maximum atomic E-state index is 13.8. The highest BCUT2D eigenvalue weighted by Crippen LogP contribution is 2.37. The van der Waals surface area contributed by atoms with Crippen LogP contribution in [0.1, 0.15) is 31.8 Å². The van der Waals surface area contributed by atoms with Gasteiger partial charge in [-0.1, -0.05) is 6.07 Å². The Hall–Kier alpha value is -3.50. The van der Waals surface area contributed by atoms with Crippen molar-refractivity contribution in [1.82, 2.24) is 14.5 Å². The molecule has 1 amide bonds. The van der Waals surface area contributed by atoms with Crippen molar-refractivity contribution in [2.75, 3.05) is 37.7 Å². The van der Waals surface area contributed by atoms with E-state index in [0.29, 0.717) is 42.4 Å². The molecule has 0 spiro atoms. The number of pyridine rings is 2. The molecule has 0 bridgehead atoms. The summed E-state index contributed by atoms with van der Waals surface area (Å²) in [5.41, 5.74) is 1.48. The number of aromatic nitrogens is 2. The van der Waals surface area contributed by atoms with E-state index in [-0.39, 0.29) is 18.1 Å². The van der Waals surface area contributed by atoms with Crippen LogP contribution in [0.3, 0.4) is 0 Å². The summed E-state index contributed by atoms with van der Waals surface area (Å²) in [6.07, 6.45) is 3.25. The van der Waals surface area contributed by atoms with Crippen LogP contribution in [0, 0.1) is 6.92 Å². The van der Waals surface area contributed by atoms with E-state index in [1.807, 2.05) is 40.3 Å². The van der Waals surface area contributed by atoms with E-state index in [2.05, 4.69) is 4.98 Å². The highest BCUT2D eigenvalue weighted by atomic mass is 32.1. The van der Waals surface area contributed by atoms with Crippen LogP contribution in [0.5, 0.6) is 0 Å². The van der Waals surface area contributed by atoms with Crippen molar-refractivity contribution in [3.63, 3.8) is 0 Å². The Labute approximate surface area is 210 Å². The van der Waals surface area contributed by atoms with Crippen LogP contribution in [0.2, 0.25) is 0 Å². The highest BCUT2D eigenvalue weighted by molar-refractivity contribution is 7.19. The zero-order chi connectivity index (χ0) is 24.5. The zero-order valence-corrected chi connectivity index (χ0v) is 21.0. The Morgan fingerprint density at radius 3 is 2.60 bits per heavy atom. The fourth-order valence-electron chi connectivity index (χ4n) is 4.39. The van der Waals surface area contributed by atoms with Crippen LogP contribution >= 0.6 is 22.7 Å². The molecular weight excluding hydrogens is 484 g/mol. The molecule has 35 heavy (non-hydrogen) atoms. The van der Waals surface area contributed by atoms with Crippen LogP contribution in [-0.4, -0.2) is 59.1 Å². The third-order valence-electron chi connectivity index (χ3n) is 5.94. The first-order valence-electron chi connectivity index (χ1n) is 11.3. The smallest absolute Gasteiger partial charge is 0.345 e. The summed E-state index contributed by atoms with van der Waals surface area (Å²) in [5, 5.41) is 1.89. The minimum absolute atomic E-state index is 0.00868. The fraction of sp³-hybridized carbons (Fsp3) is 0.280. The summed E-state index contributed by atoms with van der Waals surface area (Å²) in [6.45, 7) is 5.87. The minimum Gasteiger partial charge on any atom is -0.462 e. The lowest BCUT2D eigenvalue weighted by atomic mass is 10.1. The Balaban J connectivity index is 1.61. The Morgan fingerprint density at radius 1 is 1.14 bits per heavy atom. The van der Waals surface area contributed by atoms with Gasteiger partial charge in [0.05, 0.1) is 39.3 Å². The average molecular weight is 509 g/mol. The molecule has 10 heteroatoms. The lowest BCUT2D eigenvalue weighted by Crippen LogP contribution is -2.49. The first-order chi connectivity index (χ1) is 17.0. The number of esters is 1. The maximum absolute atomic E-state index is 13.8. The van der Waals surface area contributed by atoms with Gasteiger partial charge in [-0.25, -0.2) is 4.79 Å². The summed E-state index contributed by atoms with van der Waals surface area (Å²) >= 11 is 2.96. The van der Waals surface area contributed by atoms with Crippen molar-refractivity contribution >= 4 is 50.5 Å². The molecule has 4 aromatic heterocycles. The van der Waals surface area contributed by atoms with E-state index in [1.54, 1.807) is 31.5 Å². The molecule has 1 saturated heterocycles. The molecule has 0 radical (unpaired) electrons. The predicted molar refractivity (Wildman–Crippen MR) is 138 cm³/mol. The predicted octanol–water partition coefficient (Wildman–Crippen LogP) is 3.96. The summed E-state index contributed by atoms with van der Waals surface area (Å²) in [6, 6.07) is 9.21. The van der Waals surface area contributed by atoms with E-state index < -0.39 is 11.5 Å². The van der Waals surface area contributed by atoms with Gasteiger partial charge in [-0.3, -0.25) is 19.1 Å². The van der Waals surface area contributed by atoms with E-state index in [9.17, 15) is 14.4 Å². The van der Waals surface area contributed by atoms with Crippen molar-refractivity contribution in [3.05, 3.63) is 73.8 Å². The van der Waals surface area contributed by atoms with Gasteiger partial charge in [-0.2, -0.15) is 0 Å². The average Bonchev–Trinajstić information content (AvgIpc) is 3.53. The second-order valence-corrected chi connectivity index (χ2v) is 10.3. The van der Waals surface area contributed by atoms with Gasteiger partial charge in [-0.05, 0) is 43.5 Å². The molecule has 5 rings (SSSR count). The van der Waals surface area contributed by atoms with Crippen LogP contribution in [0.15, 0.2) is 52.9 Å². The molecule has 0 aliphatic carbocycles. The topological polar surface area (TPSA) is 84.7 Å². The Bertz CT molecular complexity index is 1440. The van der Waals surface area contributed by atoms with Gasteiger partial charge in [0.25, 0.3) is 11.5 Å². The number of hydrogen-bond donors (Lipinski definition) is 0. The first-order valence-corrected chi connectivity index (χ1v) is 13.0. The molecule has 0 N–H and O–H groups in total. The lowest BCUT2D eigenvalue weighted by molar-refractivity contribution is 0.0524. The van der Waals surface area contributed by atoms with Gasteiger partial charge in [0.1, 0.15) is 0 Å². The van der Waals surface area contributed by atoms with Crippen molar-refractivity contribution in [3.8, 4) is 5.69 Å².